The standard InChI is InChI=1S/C13H18N2OS/c1-14-13(16)11-2-4-12(5-3-11)15-8-10-6-7-17-9-10/h2-5,10,15H,6-9H2,1H3,(H,14,16). The molecule has 1 aliphatic heterocycles. The summed E-state index contributed by atoms with van der Waals surface area (Å²) in [7, 11) is 1.65. The van der Waals surface area contributed by atoms with Gasteiger partial charge < -0.3 is 10.6 Å². The van der Waals surface area contributed by atoms with Crippen molar-refractivity contribution in [3.8, 4) is 0 Å². The number of benzene rings is 1. The lowest BCUT2D eigenvalue weighted by atomic mass is 10.1. The number of hydrogen-bond acceptors (Lipinski definition) is 3. The van der Waals surface area contributed by atoms with E-state index in [1.807, 2.05) is 36.0 Å². The van der Waals surface area contributed by atoms with Crippen LogP contribution in [0.2, 0.25) is 0 Å². The van der Waals surface area contributed by atoms with Crippen molar-refractivity contribution in [2.75, 3.05) is 30.4 Å². The van der Waals surface area contributed by atoms with Crippen LogP contribution in [0.4, 0.5) is 5.69 Å². The molecule has 1 fully saturated rings. The van der Waals surface area contributed by atoms with Crippen LogP contribution in [0.25, 0.3) is 0 Å². The van der Waals surface area contributed by atoms with E-state index in [2.05, 4.69) is 10.6 Å². The van der Waals surface area contributed by atoms with Gasteiger partial charge in [-0.25, -0.2) is 0 Å². The number of amides is 1. The molecule has 1 saturated heterocycles. The first kappa shape index (κ1) is 12.3. The molecular formula is C13H18N2OS. The lowest BCUT2D eigenvalue weighted by Crippen LogP contribution is -2.17. The smallest absolute Gasteiger partial charge is 0.251 e. The third kappa shape index (κ3) is 3.40. The number of anilines is 1. The van der Waals surface area contributed by atoms with Crippen LogP contribution in [0.15, 0.2) is 24.3 Å². The molecule has 0 saturated carbocycles. The zero-order chi connectivity index (χ0) is 12.1. The maximum atomic E-state index is 11.4. The molecular weight excluding hydrogens is 232 g/mol. The summed E-state index contributed by atoms with van der Waals surface area (Å²) >= 11 is 2.03. The Balaban J connectivity index is 1.87. The van der Waals surface area contributed by atoms with Gasteiger partial charge in [0.05, 0.1) is 0 Å². The van der Waals surface area contributed by atoms with Crippen molar-refractivity contribution in [2.24, 2.45) is 5.92 Å². The van der Waals surface area contributed by atoms with E-state index >= 15 is 0 Å². The molecule has 92 valence electrons. The second kappa shape index (κ2) is 5.96. The van der Waals surface area contributed by atoms with Crippen molar-refractivity contribution >= 4 is 23.4 Å². The highest BCUT2D eigenvalue weighted by atomic mass is 32.2. The van der Waals surface area contributed by atoms with Crippen molar-refractivity contribution in [1.82, 2.24) is 5.32 Å². The Kier molecular flexibility index (Phi) is 4.31. The number of nitrogens with one attached hydrogen (secondary N) is 2. The average molecular weight is 250 g/mol. The third-order valence-corrected chi connectivity index (χ3v) is 4.22. The Hall–Kier alpha value is -1.16. The van der Waals surface area contributed by atoms with Gasteiger partial charge in [0.25, 0.3) is 5.91 Å². The SMILES string of the molecule is CNC(=O)c1ccc(NCC2CCSC2)cc1. The van der Waals surface area contributed by atoms with Crippen LogP contribution in [-0.2, 0) is 0 Å². The molecule has 1 atom stereocenters. The van der Waals surface area contributed by atoms with Crippen LogP contribution in [0, 0.1) is 5.92 Å². The molecule has 0 aliphatic carbocycles. The van der Waals surface area contributed by atoms with Gasteiger partial charge in [0.1, 0.15) is 0 Å². The Labute approximate surface area is 106 Å². The molecule has 1 amide bonds. The molecule has 1 aliphatic rings. The molecule has 0 aromatic heterocycles. The van der Waals surface area contributed by atoms with E-state index in [4.69, 9.17) is 0 Å². The summed E-state index contributed by atoms with van der Waals surface area (Å²) < 4.78 is 0. The monoisotopic (exact) mass is 250 g/mol. The minimum Gasteiger partial charge on any atom is -0.385 e. The van der Waals surface area contributed by atoms with Gasteiger partial charge in [-0.3, -0.25) is 4.79 Å². The fourth-order valence-corrected chi connectivity index (χ4v) is 3.17. The van der Waals surface area contributed by atoms with Crippen LogP contribution in [0.5, 0.6) is 0 Å². The van der Waals surface area contributed by atoms with E-state index in [-0.39, 0.29) is 5.91 Å². The molecule has 1 unspecified atom stereocenters. The number of hydrogen-bond donors (Lipinski definition) is 2. The summed E-state index contributed by atoms with van der Waals surface area (Å²) in [5.74, 6) is 3.31. The fraction of sp³-hybridized carbons (Fsp3) is 0.462. The summed E-state index contributed by atoms with van der Waals surface area (Å²) in [4.78, 5) is 11.4. The quantitative estimate of drug-likeness (QED) is 0.861. The first-order chi connectivity index (χ1) is 8.29. The maximum Gasteiger partial charge on any atom is 0.251 e. The average Bonchev–Trinajstić information content (AvgIpc) is 2.89. The van der Waals surface area contributed by atoms with Gasteiger partial charge in [-0.2, -0.15) is 11.8 Å². The summed E-state index contributed by atoms with van der Waals surface area (Å²) in [6.07, 6.45) is 1.31. The molecule has 1 aromatic rings. The van der Waals surface area contributed by atoms with Gasteiger partial charge in [-0.05, 0) is 48.1 Å². The van der Waals surface area contributed by atoms with Gasteiger partial charge in [0, 0.05) is 24.8 Å². The Morgan fingerprint density at radius 2 is 2.18 bits per heavy atom. The van der Waals surface area contributed by atoms with E-state index in [1.165, 1.54) is 17.9 Å². The molecule has 2 rings (SSSR count). The number of rotatable bonds is 4. The van der Waals surface area contributed by atoms with E-state index < -0.39 is 0 Å². The summed E-state index contributed by atoms with van der Waals surface area (Å²) in [5, 5.41) is 6.04. The second-order valence-corrected chi connectivity index (χ2v) is 5.42. The first-order valence-electron chi connectivity index (χ1n) is 5.93. The van der Waals surface area contributed by atoms with Crippen molar-refractivity contribution in [2.45, 2.75) is 6.42 Å². The molecule has 0 spiro atoms. The lowest BCUT2D eigenvalue weighted by molar-refractivity contribution is 0.0963. The minimum atomic E-state index is -0.0382. The topological polar surface area (TPSA) is 41.1 Å². The van der Waals surface area contributed by atoms with Gasteiger partial charge in [-0.1, -0.05) is 0 Å². The zero-order valence-electron chi connectivity index (χ0n) is 10.0. The van der Waals surface area contributed by atoms with Crippen LogP contribution >= 0.6 is 11.8 Å². The van der Waals surface area contributed by atoms with Gasteiger partial charge in [0.2, 0.25) is 0 Å². The Morgan fingerprint density at radius 1 is 1.41 bits per heavy atom. The highest BCUT2D eigenvalue weighted by molar-refractivity contribution is 7.99. The number of thioether (sulfide) groups is 1. The highest BCUT2D eigenvalue weighted by Gasteiger charge is 2.14. The van der Waals surface area contributed by atoms with Gasteiger partial charge >= 0.3 is 0 Å². The van der Waals surface area contributed by atoms with E-state index in [0.29, 0.717) is 5.56 Å². The molecule has 1 aromatic carbocycles. The van der Waals surface area contributed by atoms with Crippen LogP contribution < -0.4 is 10.6 Å². The van der Waals surface area contributed by atoms with Crippen LogP contribution in [0.3, 0.4) is 0 Å². The second-order valence-electron chi connectivity index (χ2n) is 4.27. The Morgan fingerprint density at radius 3 is 2.76 bits per heavy atom. The lowest BCUT2D eigenvalue weighted by Gasteiger charge is -2.11. The number of carbonyl (C=O) groups is 1. The number of carbonyl (C=O) groups excluding carboxylic acids is 1. The molecule has 0 bridgehead atoms. The predicted octanol–water partition coefficient (Wildman–Crippen LogP) is 2.21. The predicted molar refractivity (Wildman–Crippen MR) is 73.8 cm³/mol. The minimum absolute atomic E-state index is 0.0382. The summed E-state index contributed by atoms with van der Waals surface area (Å²) in [5.41, 5.74) is 1.80. The van der Waals surface area contributed by atoms with E-state index in [1.54, 1.807) is 7.05 Å². The molecule has 2 N–H and O–H groups in total. The van der Waals surface area contributed by atoms with Gasteiger partial charge in [-0.15, -0.1) is 0 Å². The highest BCUT2D eigenvalue weighted by Crippen LogP contribution is 2.23. The molecule has 4 heteroatoms. The van der Waals surface area contributed by atoms with Crippen molar-refractivity contribution < 1.29 is 4.79 Å². The summed E-state index contributed by atoms with van der Waals surface area (Å²) in [6, 6.07) is 7.63. The van der Waals surface area contributed by atoms with Crippen LogP contribution in [0.1, 0.15) is 16.8 Å². The normalized spacial score (nSPS) is 19.0. The maximum absolute atomic E-state index is 11.4. The summed E-state index contributed by atoms with van der Waals surface area (Å²) in [6.45, 7) is 1.03. The van der Waals surface area contributed by atoms with Crippen LogP contribution in [-0.4, -0.2) is 31.0 Å². The molecule has 1 heterocycles. The van der Waals surface area contributed by atoms with Gasteiger partial charge in [0.15, 0.2) is 0 Å². The third-order valence-electron chi connectivity index (χ3n) is 2.99. The van der Waals surface area contributed by atoms with Crippen molar-refractivity contribution in [1.29, 1.82) is 0 Å². The van der Waals surface area contributed by atoms with Crippen molar-refractivity contribution in [3.05, 3.63) is 29.8 Å². The van der Waals surface area contributed by atoms with Crippen molar-refractivity contribution in [3.63, 3.8) is 0 Å². The first-order valence-corrected chi connectivity index (χ1v) is 7.09. The fourth-order valence-electron chi connectivity index (χ4n) is 1.89. The molecule has 3 nitrogen and oxygen atoms in total. The molecule has 17 heavy (non-hydrogen) atoms. The van der Waals surface area contributed by atoms with E-state index in [0.717, 1.165) is 18.2 Å². The Bertz CT molecular complexity index is 372. The molecule has 0 radical (unpaired) electrons. The largest absolute Gasteiger partial charge is 0.385 e. The zero-order valence-corrected chi connectivity index (χ0v) is 10.8. The van der Waals surface area contributed by atoms with E-state index in [9.17, 15) is 4.79 Å².